The first-order chi connectivity index (χ1) is 14.5. The molecular weight excluding hydrogens is 420 g/mol. The number of piperidine rings is 1. The quantitative estimate of drug-likeness (QED) is 0.649. The van der Waals surface area contributed by atoms with Gasteiger partial charge in [0.1, 0.15) is 0 Å². The summed E-state index contributed by atoms with van der Waals surface area (Å²) in [6.45, 7) is 1.45. The van der Waals surface area contributed by atoms with E-state index in [2.05, 4.69) is 19.9 Å². The van der Waals surface area contributed by atoms with Crippen molar-refractivity contribution in [2.24, 2.45) is 0 Å². The van der Waals surface area contributed by atoms with Crippen molar-refractivity contribution in [3.8, 4) is 0 Å². The maximum Gasteiger partial charge on any atom is 0.263 e. The number of para-hydroxylation sites is 1. The fourth-order valence-corrected chi connectivity index (χ4v) is 6.09. The standard InChI is InChI=1S/C21H20N4O3S2/c26-19-21(17-3-1-2-4-18(17)23-19)9-12-25(13-10-21)15-5-7-16(8-6-15)30(27,28)24-20-22-11-14-29-20/h1-8,11,14H,9-10,12-13H2,(H,22,24)(H,23,26). The van der Waals surface area contributed by atoms with Gasteiger partial charge in [0.05, 0.1) is 10.3 Å². The molecule has 2 N–H and O–H groups in total. The molecule has 1 fully saturated rings. The molecule has 0 bridgehead atoms. The molecule has 1 saturated heterocycles. The number of hydrogen-bond acceptors (Lipinski definition) is 6. The first-order valence-corrected chi connectivity index (χ1v) is 12.0. The van der Waals surface area contributed by atoms with Crippen LogP contribution in [-0.4, -0.2) is 32.4 Å². The second-order valence-corrected chi connectivity index (χ2v) is 10.1. The van der Waals surface area contributed by atoms with Crippen LogP contribution in [0.5, 0.6) is 0 Å². The minimum Gasteiger partial charge on any atom is -0.371 e. The number of aromatic nitrogens is 1. The van der Waals surface area contributed by atoms with Crippen molar-refractivity contribution in [3.05, 3.63) is 65.7 Å². The van der Waals surface area contributed by atoms with Gasteiger partial charge in [0.25, 0.3) is 10.0 Å². The van der Waals surface area contributed by atoms with Crippen LogP contribution in [0, 0.1) is 0 Å². The first kappa shape index (κ1) is 19.1. The fraction of sp³-hybridized carbons (Fsp3) is 0.238. The molecule has 1 aromatic heterocycles. The molecule has 2 aromatic carbocycles. The molecule has 3 aromatic rings. The van der Waals surface area contributed by atoms with Crippen molar-refractivity contribution in [2.45, 2.75) is 23.2 Å². The maximum absolute atomic E-state index is 12.7. The van der Waals surface area contributed by atoms with Gasteiger partial charge in [-0.15, -0.1) is 11.3 Å². The van der Waals surface area contributed by atoms with Gasteiger partial charge >= 0.3 is 0 Å². The minimum atomic E-state index is -3.66. The molecule has 0 aliphatic carbocycles. The van der Waals surface area contributed by atoms with Gasteiger partial charge in [-0.25, -0.2) is 13.4 Å². The van der Waals surface area contributed by atoms with E-state index in [-0.39, 0.29) is 10.8 Å². The molecule has 3 heterocycles. The number of thiazole rings is 1. The van der Waals surface area contributed by atoms with Gasteiger partial charge in [-0.2, -0.15) is 0 Å². The van der Waals surface area contributed by atoms with Crippen LogP contribution >= 0.6 is 11.3 Å². The molecule has 1 amide bonds. The summed E-state index contributed by atoms with van der Waals surface area (Å²) in [5.74, 6) is 0.0815. The Balaban J connectivity index is 1.31. The van der Waals surface area contributed by atoms with E-state index < -0.39 is 15.4 Å². The van der Waals surface area contributed by atoms with Crippen LogP contribution in [0.3, 0.4) is 0 Å². The summed E-state index contributed by atoms with van der Waals surface area (Å²) in [5.41, 5.74) is 2.49. The van der Waals surface area contributed by atoms with Gasteiger partial charge < -0.3 is 10.2 Å². The molecule has 154 valence electrons. The molecule has 0 saturated carbocycles. The predicted molar refractivity (Wildman–Crippen MR) is 118 cm³/mol. The van der Waals surface area contributed by atoms with Crippen LogP contribution in [0.15, 0.2) is 65.0 Å². The van der Waals surface area contributed by atoms with Crippen LogP contribution in [0.2, 0.25) is 0 Å². The molecular formula is C21H20N4O3S2. The highest BCUT2D eigenvalue weighted by atomic mass is 32.2. The molecule has 9 heteroatoms. The smallest absolute Gasteiger partial charge is 0.263 e. The van der Waals surface area contributed by atoms with E-state index in [4.69, 9.17) is 0 Å². The molecule has 5 rings (SSSR count). The van der Waals surface area contributed by atoms with Crippen LogP contribution in [0.25, 0.3) is 0 Å². The number of amides is 1. The molecule has 0 radical (unpaired) electrons. The van der Waals surface area contributed by atoms with E-state index in [0.717, 1.165) is 42.9 Å². The van der Waals surface area contributed by atoms with Gasteiger partial charge in [0.2, 0.25) is 5.91 Å². The monoisotopic (exact) mass is 440 g/mol. The largest absolute Gasteiger partial charge is 0.371 e. The third kappa shape index (κ3) is 3.14. The van der Waals surface area contributed by atoms with Crippen molar-refractivity contribution in [2.75, 3.05) is 28.0 Å². The van der Waals surface area contributed by atoms with E-state index in [1.165, 1.54) is 11.3 Å². The summed E-state index contributed by atoms with van der Waals surface area (Å²) in [5, 5.41) is 5.08. The average Bonchev–Trinajstić information content (AvgIpc) is 3.35. The molecule has 30 heavy (non-hydrogen) atoms. The number of hydrogen-bond donors (Lipinski definition) is 2. The Labute approximate surface area is 178 Å². The van der Waals surface area contributed by atoms with Crippen LogP contribution in [0.4, 0.5) is 16.5 Å². The highest BCUT2D eigenvalue weighted by molar-refractivity contribution is 7.93. The second-order valence-electron chi connectivity index (χ2n) is 7.51. The van der Waals surface area contributed by atoms with Crippen molar-refractivity contribution in [1.29, 1.82) is 0 Å². The third-order valence-corrected chi connectivity index (χ3v) is 8.08. The van der Waals surface area contributed by atoms with Gasteiger partial charge in [-0.05, 0) is 48.7 Å². The van der Waals surface area contributed by atoms with E-state index in [0.29, 0.717) is 5.13 Å². The Hall–Kier alpha value is -2.91. The van der Waals surface area contributed by atoms with E-state index in [1.807, 2.05) is 36.4 Å². The number of carbonyl (C=O) groups is 1. The molecule has 2 aliphatic rings. The molecule has 0 atom stereocenters. The first-order valence-electron chi connectivity index (χ1n) is 9.66. The van der Waals surface area contributed by atoms with Crippen molar-refractivity contribution < 1.29 is 13.2 Å². The van der Waals surface area contributed by atoms with E-state index in [1.54, 1.807) is 23.7 Å². The maximum atomic E-state index is 12.7. The lowest BCUT2D eigenvalue weighted by molar-refractivity contribution is -0.121. The average molecular weight is 441 g/mol. The summed E-state index contributed by atoms with van der Waals surface area (Å²) >= 11 is 1.23. The Morgan fingerprint density at radius 3 is 2.50 bits per heavy atom. The van der Waals surface area contributed by atoms with E-state index >= 15 is 0 Å². The number of nitrogens with zero attached hydrogens (tertiary/aromatic N) is 2. The summed E-state index contributed by atoms with van der Waals surface area (Å²) < 4.78 is 27.5. The predicted octanol–water partition coefficient (Wildman–Crippen LogP) is 3.43. The van der Waals surface area contributed by atoms with Crippen LogP contribution < -0.4 is 14.9 Å². The van der Waals surface area contributed by atoms with Gasteiger partial charge in [0.15, 0.2) is 5.13 Å². The SMILES string of the molecule is O=C1Nc2ccccc2C12CCN(c1ccc(S(=O)(=O)Nc3nccs3)cc1)CC2. The normalized spacial score (nSPS) is 17.6. The zero-order valence-electron chi connectivity index (χ0n) is 16.0. The zero-order chi connectivity index (χ0) is 20.8. The van der Waals surface area contributed by atoms with Crippen LogP contribution in [-0.2, 0) is 20.2 Å². The lowest BCUT2D eigenvalue weighted by atomic mass is 9.73. The summed E-state index contributed by atoms with van der Waals surface area (Å²) in [6, 6.07) is 14.7. The fourth-order valence-electron chi connectivity index (χ4n) is 4.30. The van der Waals surface area contributed by atoms with Gasteiger partial charge in [-0.1, -0.05) is 18.2 Å². The second kappa shape index (κ2) is 7.10. The van der Waals surface area contributed by atoms with Crippen molar-refractivity contribution >= 4 is 43.8 Å². The number of sulfonamides is 1. The van der Waals surface area contributed by atoms with E-state index in [9.17, 15) is 13.2 Å². The highest BCUT2D eigenvalue weighted by Gasteiger charge is 2.48. The number of nitrogens with one attached hydrogen (secondary N) is 2. The van der Waals surface area contributed by atoms with Gasteiger partial charge in [-0.3, -0.25) is 9.52 Å². The lowest BCUT2D eigenvalue weighted by Gasteiger charge is -2.39. The minimum absolute atomic E-state index is 0.0815. The van der Waals surface area contributed by atoms with Gasteiger partial charge in [0, 0.05) is 36.0 Å². The third-order valence-electron chi connectivity index (χ3n) is 5.91. The van der Waals surface area contributed by atoms with Crippen molar-refractivity contribution in [3.63, 3.8) is 0 Å². The Kier molecular flexibility index (Phi) is 4.52. The number of benzene rings is 2. The number of fused-ring (bicyclic) bond motifs is 2. The topological polar surface area (TPSA) is 91.4 Å². The summed E-state index contributed by atoms with van der Waals surface area (Å²) in [7, 11) is -3.66. The number of anilines is 3. The number of rotatable bonds is 4. The molecule has 1 spiro atoms. The Morgan fingerprint density at radius 2 is 1.80 bits per heavy atom. The van der Waals surface area contributed by atoms with Crippen LogP contribution in [0.1, 0.15) is 18.4 Å². The molecule has 7 nitrogen and oxygen atoms in total. The summed E-state index contributed by atoms with van der Waals surface area (Å²) in [6.07, 6.45) is 3.00. The zero-order valence-corrected chi connectivity index (χ0v) is 17.7. The number of carbonyl (C=O) groups excluding carboxylic acids is 1. The van der Waals surface area contributed by atoms with Crippen molar-refractivity contribution in [1.82, 2.24) is 4.98 Å². The molecule has 2 aliphatic heterocycles. The lowest BCUT2D eigenvalue weighted by Crippen LogP contribution is -2.46. The summed E-state index contributed by atoms with van der Waals surface area (Å²) in [4.78, 5) is 19.1. The Bertz CT molecular complexity index is 1180. The highest BCUT2D eigenvalue weighted by Crippen LogP contribution is 2.45. The molecule has 0 unspecified atom stereocenters. The Morgan fingerprint density at radius 1 is 1.07 bits per heavy atom.